The topological polar surface area (TPSA) is 108 Å². The van der Waals surface area contributed by atoms with Crippen molar-refractivity contribution in [2.75, 3.05) is 5.75 Å². The molecule has 2 aromatic carbocycles. The summed E-state index contributed by atoms with van der Waals surface area (Å²) in [4.78, 5) is 22.3. The number of ketones is 1. The van der Waals surface area contributed by atoms with Crippen LogP contribution in [0.5, 0.6) is 5.75 Å². The summed E-state index contributed by atoms with van der Waals surface area (Å²) < 4.78 is 24.1. The zero-order chi connectivity index (χ0) is 19.2. The van der Waals surface area contributed by atoms with Crippen molar-refractivity contribution in [3.05, 3.63) is 75.9 Å². The number of carbonyl (C=O) groups excluding carboxylic acids is 1. The molecule has 10 heteroatoms. The Bertz CT molecular complexity index is 978. The highest BCUT2D eigenvalue weighted by Gasteiger charge is 2.14. The van der Waals surface area contributed by atoms with E-state index >= 15 is 0 Å². The SMILES string of the molecule is O=C(CSc1nnc(COc2ccccc2F)o1)c1cccc([N+](=O)[O-])c1. The van der Waals surface area contributed by atoms with Gasteiger partial charge < -0.3 is 9.15 Å². The molecule has 0 radical (unpaired) electrons. The predicted molar refractivity (Wildman–Crippen MR) is 93.2 cm³/mol. The Morgan fingerprint density at radius 3 is 2.81 bits per heavy atom. The average Bonchev–Trinajstić information content (AvgIpc) is 3.13. The molecule has 0 saturated carbocycles. The summed E-state index contributed by atoms with van der Waals surface area (Å²) in [6.07, 6.45) is 0. The number of Topliss-reactive ketones (excluding diaryl/α,β-unsaturated/α-hetero) is 1. The van der Waals surface area contributed by atoms with E-state index in [-0.39, 0.29) is 46.3 Å². The normalized spacial score (nSPS) is 10.6. The van der Waals surface area contributed by atoms with Gasteiger partial charge in [-0.3, -0.25) is 14.9 Å². The number of halogens is 1. The van der Waals surface area contributed by atoms with Gasteiger partial charge in [-0.1, -0.05) is 36.0 Å². The van der Waals surface area contributed by atoms with Crippen LogP contribution < -0.4 is 4.74 Å². The van der Waals surface area contributed by atoms with Gasteiger partial charge in [0, 0.05) is 17.7 Å². The van der Waals surface area contributed by atoms with E-state index < -0.39 is 10.7 Å². The van der Waals surface area contributed by atoms with Gasteiger partial charge >= 0.3 is 0 Å². The highest BCUT2D eigenvalue weighted by atomic mass is 32.2. The first-order valence-corrected chi connectivity index (χ1v) is 8.61. The van der Waals surface area contributed by atoms with Crippen LogP contribution in [0.1, 0.15) is 16.2 Å². The van der Waals surface area contributed by atoms with E-state index in [4.69, 9.17) is 9.15 Å². The zero-order valence-electron chi connectivity index (χ0n) is 13.7. The number of nitro groups is 1. The van der Waals surface area contributed by atoms with Gasteiger partial charge in [-0.25, -0.2) is 4.39 Å². The number of benzene rings is 2. The second-order valence-corrected chi connectivity index (χ2v) is 6.13. The first-order chi connectivity index (χ1) is 13.0. The number of aromatic nitrogens is 2. The molecule has 0 amide bonds. The molecule has 3 rings (SSSR count). The standard InChI is InChI=1S/C17H12FN3O5S/c18-13-6-1-2-7-15(13)25-9-16-19-20-17(26-16)27-10-14(22)11-4-3-5-12(8-11)21(23)24/h1-8H,9-10H2. The molecule has 0 aliphatic heterocycles. The second-order valence-electron chi connectivity index (χ2n) is 5.20. The maximum atomic E-state index is 13.5. The van der Waals surface area contributed by atoms with Crippen LogP contribution in [0.15, 0.2) is 58.2 Å². The molecule has 8 nitrogen and oxygen atoms in total. The first kappa shape index (κ1) is 18.5. The number of thioether (sulfide) groups is 1. The number of ether oxygens (including phenoxy) is 1. The number of hydrogen-bond donors (Lipinski definition) is 0. The van der Waals surface area contributed by atoms with Gasteiger partial charge in [0.05, 0.1) is 10.7 Å². The molecule has 0 unspecified atom stereocenters. The van der Waals surface area contributed by atoms with Gasteiger partial charge in [0.25, 0.3) is 16.8 Å². The van der Waals surface area contributed by atoms with Gasteiger partial charge in [-0.2, -0.15) is 0 Å². The van der Waals surface area contributed by atoms with Crippen molar-refractivity contribution in [3.8, 4) is 5.75 Å². The lowest BCUT2D eigenvalue weighted by molar-refractivity contribution is -0.384. The summed E-state index contributed by atoms with van der Waals surface area (Å²) in [5.74, 6) is -0.661. The average molecular weight is 389 g/mol. The molecule has 1 heterocycles. The molecule has 0 atom stereocenters. The number of non-ortho nitro benzene ring substituents is 1. The fourth-order valence-electron chi connectivity index (χ4n) is 2.06. The molecule has 138 valence electrons. The fourth-order valence-corrected chi connectivity index (χ4v) is 2.73. The smallest absolute Gasteiger partial charge is 0.277 e. The van der Waals surface area contributed by atoms with Crippen LogP contribution in [-0.2, 0) is 6.61 Å². The molecule has 1 aromatic heterocycles. The molecule has 0 fully saturated rings. The Kier molecular flexibility index (Phi) is 5.77. The van der Waals surface area contributed by atoms with Crippen LogP contribution in [0.3, 0.4) is 0 Å². The predicted octanol–water partition coefficient (Wildman–Crippen LogP) is 3.67. The number of hydrogen-bond acceptors (Lipinski definition) is 8. The maximum absolute atomic E-state index is 13.5. The van der Waals surface area contributed by atoms with Crippen LogP contribution in [0.4, 0.5) is 10.1 Å². The maximum Gasteiger partial charge on any atom is 0.277 e. The first-order valence-electron chi connectivity index (χ1n) is 7.63. The van der Waals surface area contributed by atoms with Crippen molar-refractivity contribution in [2.24, 2.45) is 0 Å². The number of carbonyl (C=O) groups is 1. The highest BCUT2D eigenvalue weighted by Crippen LogP contribution is 2.21. The minimum atomic E-state index is -0.566. The molecule has 0 aliphatic carbocycles. The van der Waals surface area contributed by atoms with E-state index in [0.29, 0.717) is 0 Å². The molecular weight excluding hydrogens is 377 g/mol. The van der Waals surface area contributed by atoms with Gasteiger partial charge in [0.2, 0.25) is 0 Å². The van der Waals surface area contributed by atoms with Crippen LogP contribution in [0.2, 0.25) is 0 Å². The van der Waals surface area contributed by atoms with Crippen molar-refractivity contribution in [3.63, 3.8) is 0 Å². The minimum absolute atomic E-state index is 0.0308. The monoisotopic (exact) mass is 389 g/mol. The number of para-hydroxylation sites is 1. The lowest BCUT2D eigenvalue weighted by Crippen LogP contribution is -2.03. The third-order valence-corrected chi connectivity index (χ3v) is 4.16. The van der Waals surface area contributed by atoms with Crippen LogP contribution in [0.25, 0.3) is 0 Å². The van der Waals surface area contributed by atoms with Crippen molar-refractivity contribution in [1.82, 2.24) is 10.2 Å². The minimum Gasteiger partial charge on any atom is -0.481 e. The summed E-state index contributed by atoms with van der Waals surface area (Å²) >= 11 is 0.994. The van der Waals surface area contributed by atoms with E-state index in [1.165, 1.54) is 36.4 Å². The molecule has 0 aliphatic rings. The van der Waals surface area contributed by atoms with Crippen molar-refractivity contribution < 1.29 is 23.3 Å². The molecule has 0 saturated heterocycles. The number of nitro benzene ring substituents is 1. The highest BCUT2D eigenvalue weighted by molar-refractivity contribution is 7.99. The number of nitrogens with zero attached hydrogens (tertiary/aromatic N) is 3. The molecular formula is C17H12FN3O5S. The van der Waals surface area contributed by atoms with Crippen molar-refractivity contribution in [1.29, 1.82) is 0 Å². The van der Waals surface area contributed by atoms with Crippen LogP contribution >= 0.6 is 11.8 Å². The van der Waals surface area contributed by atoms with E-state index in [2.05, 4.69) is 10.2 Å². The third-order valence-electron chi connectivity index (χ3n) is 3.34. The summed E-state index contributed by atoms with van der Waals surface area (Å²) in [7, 11) is 0. The zero-order valence-corrected chi connectivity index (χ0v) is 14.5. The molecule has 0 bridgehead atoms. The Labute approximate surface area is 156 Å². The van der Waals surface area contributed by atoms with Crippen LogP contribution in [0, 0.1) is 15.9 Å². The quantitative estimate of drug-likeness (QED) is 0.248. The van der Waals surface area contributed by atoms with Gasteiger partial charge in [0.1, 0.15) is 0 Å². The lowest BCUT2D eigenvalue weighted by Gasteiger charge is -2.03. The van der Waals surface area contributed by atoms with Gasteiger partial charge in [0.15, 0.2) is 24.0 Å². The summed E-state index contributed by atoms with van der Waals surface area (Å²) in [6, 6.07) is 11.4. The van der Waals surface area contributed by atoms with Gasteiger partial charge in [-0.15, -0.1) is 10.2 Å². The summed E-state index contributed by atoms with van der Waals surface area (Å²) in [5, 5.41) is 18.4. The van der Waals surface area contributed by atoms with E-state index in [1.54, 1.807) is 12.1 Å². The lowest BCUT2D eigenvalue weighted by atomic mass is 10.1. The molecule has 3 aromatic rings. The molecule has 27 heavy (non-hydrogen) atoms. The van der Waals surface area contributed by atoms with E-state index in [1.807, 2.05) is 0 Å². The Morgan fingerprint density at radius 2 is 2.04 bits per heavy atom. The van der Waals surface area contributed by atoms with E-state index in [9.17, 15) is 19.3 Å². The second kappa shape index (κ2) is 8.41. The Morgan fingerprint density at radius 1 is 1.22 bits per heavy atom. The van der Waals surface area contributed by atoms with Crippen molar-refractivity contribution in [2.45, 2.75) is 11.8 Å². The number of rotatable bonds is 8. The summed E-state index contributed by atoms with van der Waals surface area (Å²) in [5.41, 5.74) is 0.0653. The Hall–Kier alpha value is -3.27. The van der Waals surface area contributed by atoms with Crippen molar-refractivity contribution >= 4 is 23.2 Å². The third kappa shape index (κ3) is 4.88. The molecule has 0 spiro atoms. The molecule has 0 N–H and O–H groups in total. The summed E-state index contributed by atoms with van der Waals surface area (Å²) in [6.45, 7) is -0.118. The van der Waals surface area contributed by atoms with Gasteiger partial charge in [-0.05, 0) is 12.1 Å². The largest absolute Gasteiger partial charge is 0.481 e. The van der Waals surface area contributed by atoms with E-state index in [0.717, 1.165) is 11.8 Å². The fraction of sp³-hybridized carbons (Fsp3) is 0.118. The van der Waals surface area contributed by atoms with Crippen LogP contribution in [-0.4, -0.2) is 26.7 Å². The Balaban J connectivity index is 1.55.